The maximum atomic E-state index is 12.8. The zero-order chi connectivity index (χ0) is 28.4. The highest BCUT2D eigenvalue weighted by atomic mass is 79.9. The maximum Gasteiger partial charge on any atom is 0.273 e. The Morgan fingerprint density at radius 3 is 2.75 bits per heavy atom. The lowest BCUT2D eigenvalue weighted by atomic mass is 9.71. The van der Waals surface area contributed by atoms with Crippen molar-refractivity contribution >= 4 is 37.5 Å². The molecule has 6 rings (SSSR count). The molecule has 0 N–H and O–H groups in total. The van der Waals surface area contributed by atoms with E-state index in [2.05, 4.69) is 61.0 Å². The molecule has 0 unspecified atom stereocenters. The van der Waals surface area contributed by atoms with E-state index in [1.807, 2.05) is 10.7 Å². The molecule has 212 valence electrons. The predicted molar refractivity (Wildman–Crippen MR) is 153 cm³/mol. The lowest BCUT2D eigenvalue weighted by Gasteiger charge is -2.45. The lowest BCUT2D eigenvalue weighted by molar-refractivity contribution is -0.0939. The molecular weight excluding hydrogens is 596 g/mol. The lowest BCUT2D eigenvalue weighted by Crippen LogP contribution is -2.42. The molecule has 0 bridgehead atoms. The van der Waals surface area contributed by atoms with Crippen molar-refractivity contribution in [2.75, 3.05) is 31.8 Å². The van der Waals surface area contributed by atoms with Crippen LogP contribution in [0.5, 0.6) is 0 Å². The van der Waals surface area contributed by atoms with E-state index >= 15 is 0 Å². The minimum atomic E-state index is -3.67. The first kappa shape index (κ1) is 27.3. The van der Waals surface area contributed by atoms with Crippen LogP contribution in [-0.4, -0.2) is 65.9 Å². The molecule has 0 radical (unpaired) electrons. The van der Waals surface area contributed by atoms with E-state index < -0.39 is 15.4 Å². The van der Waals surface area contributed by atoms with Gasteiger partial charge in [0.15, 0.2) is 5.69 Å². The van der Waals surface area contributed by atoms with Gasteiger partial charge in [-0.25, -0.2) is 18.4 Å². The summed E-state index contributed by atoms with van der Waals surface area (Å²) in [6.07, 6.45) is 4.20. The van der Waals surface area contributed by atoms with Crippen LogP contribution >= 0.6 is 15.9 Å². The average molecular weight is 630 g/mol. The Kier molecular flexibility index (Phi) is 6.78. The van der Waals surface area contributed by atoms with Gasteiger partial charge in [0.25, 0.3) is 5.91 Å². The molecule has 1 aliphatic carbocycles. The predicted octanol–water partition coefficient (Wildman–Crippen LogP) is 3.50. The second kappa shape index (κ2) is 9.92. The molecule has 3 aromatic rings. The molecule has 1 amide bonds. The zero-order valence-electron chi connectivity index (χ0n) is 23.1. The first-order valence-corrected chi connectivity index (χ1v) is 16.2. The van der Waals surface area contributed by atoms with Crippen LogP contribution in [0.1, 0.15) is 58.3 Å². The number of aromatic nitrogens is 4. The molecule has 4 heterocycles. The third kappa shape index (κ3) is 4.83. The van der Waals surface area contributed by atoms with Crippen LogP contribution in [0.4, 0.5) is 5.82 Å². The van der Waals surface area contributed by atoms with Crippen LogP contribution in [0, 0.1) is 5.92 Å². The highest BCUT2D eigenvalue weighted by molar-refractivity contribution is 9.10. The minimum absolute atomic E-state index is 0.154. The number of amides is 1. The summed E-state index contributed by atoms with van der Waals surface area (Å²) in [5, 5.41) is 4.37. The average Bonchev–Trinajstić information content (AvgIpc) is 3.18. The fraction of sp³-hybridized carbons (Fsp3) is 0.500. The first-order chi connectivity index (χ1) is 18.9. The van der Waals surface area contributed by atoms with Crippen LogP contribution in [0.15, 0.2) is 33.9 Å². The van der Waals surface area contributed by atoms with Crippen molar-refractivity contribution in [1.82, 2.24) is 24.6 Å². The summed E-state index contributed by atoms with van der Waals surface area (Å²) in [6, 6.07) is 8.16. The van der Waals surface area contributed by atoms with E-state index in [1.54, 1.807) is 14.1 Å². The van der Waals surface area contributed by atoms with E-state index in [4.69, 9.17) is 4.74 Å². The van der Waals surface area contributed by atoms with Gasteiger partial charge >= 0.3 is 0 Å². The molecule has 1 aromatic carbocycles. The largest absolute Gasteiger partial charge is 0.365 e. The van der Waals surface area contributed by atoms with E-state index in [0.717, 1.165) is 52.5 Å². The van der Waals surface area contributed by atoms with Crippen molar-refractivity contribution in [1.29, 1.82) is 0 Å². The van der Waals surface area contributed by atoms with Gasteiger partial charge in [-0.15, -0.1) is 0 Å². The number of carbonyl (C=O) groups is 1. The Morgan fingerprint density at radius 1 is 1.20 bits per heavy atom. The molecule has 3 aliphatic rings. The summed E-state index contributed by atoms with van der Waals surface area (Å²) in [5.41, 5.74) is 4.64. The zero-order valence-corrected chi connectivity index (χ0v) is 25.5. The summed E-state index contributed by atoms with van der Waals surface area (Å²) in [5.74, 6) is 0.836. The van der Waals surface area contributed by atoms with Gasteiger partial charge in [-0.2, -0.15) is 5.10 Å². The topological polar surface area (TPSA) is 111 Å². The molecule has 0 saturated heterocycles. The molecule has 2 aliphatic heterocycles. The van der Waals surface area contributed by atoms with E-state index in [-0.39, 0.29) is 17.7 Å². The van der Waals surface area contributed by atoms with Gasteiger partial charge in [0, 0.05) is 49.9 Å². The summed E-state index contributed by atoms with van der Waals surface area (Å²) in [7, 11) is -0.260. The van der Waals surface area contributed by atoms with E-state index in [0.29, 0.717) is 43.5 Å². The fourth-order valence-corrected chi connectivity index (χ4v) is 7.19. The fourth-order valence-electron chi connectivity index (χ4n) is 6.30. The van der Waals surface area contributed by atoms with E-state index in [1.165, 1.54) is 10.5 Å². The number of hydrogen-bond donors (Lipinski definition) is 0. The number of halogens is 1. The third-order valence-corrected chi connectivity index (χ3v) is 9.42. The van der Waals surface area contributed by atoms with Crippen molar-refractivity contribution in [3.05, 3.63) is 62.5 Å². The minimum Gasteiger partial charge on any atom is -0.365 e. The van der Waals surface area contributed by atoms with Gasteiger partial charge in [0.1, 0.15) is 5.82 Å². The summed E-state index contributed by atoms with van der Waals surface area (Å²) in [4.78, 5) is 25.4. The molecule has 0 saturated carbocycles. The van der Waals surface area contributed by atoms with Gasteiger partial charge < -0.3 is 14.5 Å². The van der Waals surface area contributed by atoms with E-state index in [9.17, 15) is 13.2 Å². The Balaban J connectivity index is 1.43. The molecule has 2 aromatic heterocycles. The number of fused-ring (bicyclic) bond motifs is 4. The second-order valence-corrected chi connectivity index (χ2v) is 14.3. The number of ether oxygens (including phenoxy) is 1. The maximum absolute atomic E-state index is 12.8. The van der Waals surface area contributed by atoms with Gasteiger partial charge in [0.05, 0.1) is 30.1 Å². The van der Waals surface area contributed by atoms with Crippen LogP contribution in [0.2, 0.25) is 0 Å². The smallest absolute Gasteiger partial charge is 0.273 e. The number of aryl methyl sites for hydroxylation is 1. The molecule has 2 atom stereocenters. The molecule has 12 heteroatoms. The molecule has 1 spiro atoms. The first-order valence-electron chi connectivity index (χ1n) is 13.5. The van der Waals surface area contributed by atoms with Crippen LogP contribution < -0.4 is 4.90 Å². The molecule has 40 heavy (non-hydrogen) atoms. The summed E-state index contributed by atoms with van der Waals surface area (Å²) < 4.78 is 35.2. The number of hydrogen-bond acceptors (Lipinski definition) is 8. The number of carbonyl (C=O) groups excluding carboxylic acids is 1. The van der Waals surface area contributed by atoms with Gasteiger partial charge in [0.2, 0.25) is 15.0 Å². The Labute approximate surface area is 242 Å². The summed E-state index contributed by atoms with van der Waals surface area (Å²) in [6.45, 7) is 4.27. The normalized spacial score (nSPS) is 22.3. The molecular formula is C28H33BrN6O4S. The number of nitrogens with zero attached hydrogens (tertiary/aromatic N) is 6. The van der Waals surface area contributed by atoms with Crippen molar-refractivity contribution in [2.24, 2.45) is 5.92 Å². The third-order valence-electron chi connectivity index (χ3n) is 8.08. The number of sulfone groups is 1. The van der Waals surface area contributed by atoms with Crippen LogP contribution in [0.3, 0.4) is 0 Å². The highest BCUT2D eigenvalue weighted by Gasteiger charge is 2.45. The highest BCUT2D eigenvalue weighted by Crippen LogP contribution is 2.48. The van der Waals surface area contributed by atoms with Crippen molar-refractivity contribution in [3.63, 3.8) is 0 Å². The number of benzene rings is 1. The monoisotopic (exact) mass is 628 g/mol. The van der Waals surface area contributed by atoms with Crippen molar-refractivity contribution in [3.8, 4) is 0 Å². The van der Waals surface area contributed by atoms with Crippen molar-refractivity contribution < 1.29 is 17.9 Å². The SMILES string of the molecule is C[C@@H]1Cc2ccc(Br)cc2[C@@]2(Cc3nc(S(C)(=O)=O)nc(N4CCCn5nc(C(=O)N(C)C)cc5C4)c3CO2)C1. The van der Waals surface area contributed by atoms with Gasteiger partial charge in [-0.3, -0.25) is 9.48 Å². The number of rotatable bonds is 3. The second-order valence-electron chi connectivity index (χ2n) is 11.5. The van der Waals surface area contributed by atoms with Gasteiger partial charge in [-0.1, -0.05) is 28.9 Å². The molecule has 0 fully saturated rings. The molecule has 10 nitrogen and oxygen atoms in total. The summed E-state index contributed by atoms with van der Waals surface area (Å²) >= 11 is 3.63. The Hall–Kier alpha value is -2.83. The Morgan fingerprint density at radius 2 is 2.00 bits per heavy atom. The Bertz CT molecular complexity index is 1620. The van der Waals surface area contributed by atoms with Gasteiger partial charge in [-0.05, 0) is 54.5 Å². The van der Waals surface area contributed by atoms with Crippen LogP contribution in [0.25, 0.3) is 0 Å². The number of anilines is 1. The van der Waals surface area contributed by atoms with Crippen LogP contribution in [-0.2, 0) is 52.7 Å². The van der Waals surface area contributed by atoms with Crippen molar-refractivity contribution in [2.45, 2.75) is 63.1 Å². The quantitative estimate of drug-likeness (QED) is 0.405. The standard InChI is InChI=1S/C28H33BrN6O4S/c1-17-10-18-6-7-19(29)11-22(18)28(13-17)14-24-21(16-39-28)25(31-27(30-24)40(4,37)38)34-8-5-9-35-20(15-34)12-23(32-35)26(36)33(2)3/h6-7,11-12,17H,5,8-10,13-16H2,1-4H3/t17-,28+/m1/s1.